The first-order valence-electron chi connectivity index (χ1n) is 8.91. The number of hydrogen-bond donors (Lipinski definition) is 0. The third-order valence-corrected chi connectivity index (χ3v) is 4.82. The Balaban J connectivity index is 1.50. The van der Waals surface area contributed by atoms with Gasteiger partial charge in [0.2, 0.25) is 0 Å². The van der Waals surface area contributed by atoms with Crippen LogP contribution < -0.4 is 9.47 Å². The van der Waals surface area contributed by atoms with Crippen LogP contribution >= 0.6 is 0 Å². The van der Waals surface area contributed by atoms with Gasteiger partial charge in [0.15, 0.2) is 0 Å². The van der Waals surface area contributed by atoms with Crippen LogP contribution in [0.25, 0.3) is 0 Å². The summed E-state index contributed by atoms with van der Waals surface area (Å²) in [6.07, 6.45) is 6.35. The molecular formula is C20H20N2O4. The Bertz CT molecular complexity index is 822. The van der Waals surface area contributed by atoms with Gasteiger partial charge in [-0.25, -0.2) is 4.79 Å². The first-order chi connectivity index (χ1) is 12.7. The molecule has 3 heterocycles. The lowest BCUT2D eigenvalue weighted by molar-refractivity contribution is -0.140. The van der Waals surface area contributed by atoms with Gasteiger partial charge in [-0.1, -0.05) is 0 Å². The Morgan fingerprint density at radius 3 is 3.00 bits per heavy atom. The lowest BCUT2D eigenvalue weighted by atomic mass is 10.0. The van der Waals surface area contributed by atoms with Crippen LogP contribution in [-0.4, -0.2) is 41.0 Å². The maximum Gasteiger partial charge on any atom is 0.334 e. The van der Waals surface area contributed by atoms with E-state index in [0.717, 1.165) is 30.6 Å². The molecule has 134 valence electrons. The Kier molecular flexibility index (Phi) is 4.56. The number of pyridine rings is 1. The Labute approximate surface area is 151 Å². The molecular weight excluding hydrogens is 332 g/mol. The van der Waals surface area contributed by atoms with Crippen molar-refractivity contribution in [2.45, 2.75) is 31.7 Å². The zero-order chi connectivity index (χ0) is 17.9. The highest BCUT2D eigenvalue weighted by Crippen LogP contribution is 2.30. The number of rotatable bonds is 3. The largest absolute Gasteiger partial charge is 0.493 e. The topological polar surface area (TPSA) is 68.7 Å². The standard InChI is InChI=1S/C20H20N2O4/c23-19(15-4-3-9-21-13-15)22-10-2-1-5-17(22)20(24)26-16-6-7-18-14(12-16)8-11-25-18/h3-4,6-7,9,12-13,17H,1-2,5,8,10-11H2. The summed E-state index contributed by atoms with van der Waals surface area (Å²) in [6, 6.07) is 8.27. The first-order valence-corrected chi connectivity index (χ1v) is 8.91. The highest BCUT2D eigenvalue weighted by molar-refractivity contribution is 5.96. The first kappa shape index (κ1) is 16.6. The van der Waals surface area contributed by atoms with Crippen LogP contribution in [0, 0.1) is 0 Å². The van der Waals surface area contributed by atoms with Gasteiger partial charge < -0.3 is 14.4 Å². The number of aromatic nitrogens is 1. The molecule has 1 amide bonds. The number of fused-ring (bicyclic) bond motifs is 1. The van der Waals surface area contributed by atoms with Gasteiger partial charge in [-0.05, 0) is 49.6 Å². The second-order valence-electron chi connectivity index (χ2n) is 6.54. The molecule has 1 unspecified atom stereocenters. The van der Waals surface area contributed by atoms with Crippen LogP contribution in [-0.2, 0) is 11.2 Å². The van der Waals surface area contributed by atoms with Gasteiger partial charge >= 0.3 is 5.97 Å². The van der Waals surface area contributed by atoms with Gasteiger partial charge in [-0.15, -0.1) is 0 Å². The molecule has 6 heteroatoms. The van der Waals surface area contributed by atoms with Crippen molar-refractivity contribution in [1.29, 1.82) is 0 Å². The maximum absolute atomic E-state index is 12.8. The minimum Gasteiger partial charge on any atom is -0.493 e. The predicted octanol–water partition coefficient (Wildman–Crippen LogP) is 2.62. The van der Waals surface area contributed by atoms with Crippen molar-refractivity contribution < 1.29 is 19.1 Å². The van der Waals surface area contributed by atoms with Crippen molar-refractivity contribution in [2.24, 2.45) is 0 Å². The fourth-order valence-electron chi connectivity index (χ4n) is 3.49. The Hall–Kier alpha value is -2.89. The molecule has 0 aliphatic carbocycles. The van der Waals surface area contributed by atoms with Crippen LogP contribution in [0.15, 0.2) is 42.7 Å². The monoisotopic (exact) mass is 352 g/mol. The highest BCUT2D eigenvalue weighted by Gasteiger charge is 2.34. The summed E-state index contributed by atoms with van der Waals surface area (Å²) in [5, 5.41) is 0. The molecule has 0 spiro atoms. The summed E-state index contributed by atoms with van der Waals surface area (Å²) in [5.41, 5.74) is 1.53. The molecule has 26 heavy (non-hydrogen) atoms. The normalized spacial score (nSPS) is 18.8. The number of amides is 1. The molecule has 0 radical (unpaired) electrons. The van der Waals surface area contributed by atoms with Crippen molar-refractivity contribution in [3.05, 3.63) is 53.9 Å². The van der Waals surface area contributed by atoms with E-state index in [-0.39, 0.29) is 11.9 Å². The van der Waals surface area contributed by atoms with Gasteiger partial charge in [0.25, 0.3) is 5.91 Å². The Morgan fingerprint density at radius 1 is 1.23 bits per heavy atom. The summed E-state index contributed by atoms with van der Waals surface area (Å²) in [5.74, 6) is 0.775. The average molecular weight is 352 g/mol. The summed E-state index contributed by atoms with van der Waals surface area (Å²) < 4.78 is 11.1. The third-order valence-electron chi connectivity index (χ3n) is 4.82. The summed E-state index contributed by atoms with van der Waals surface area (Å²) in [6.45, 7) is 1.20. The molecule has 1 aromatic carbocycles. The number of hydrogen-bond acceptors (Lipinski definition) is 5. The van der Waals surface area contributed by atoms with Crippen molar-refractivity contribution in [2.75, 3.05) is 13.2 Å². The molecule has 2 aliphatic rings. The number of nitrogens with zero attached hydrogens (tertiary/aromatic N) is 2. The van der Waals surface area contributed by atoms with Crippen molar-refractivity contribution in [3.8, 4) is 11.5 Å². The van der Waals surface area contributed by atoms with E-state index >= 15 is 0 Å². The molecule has 1 saturated heterocycles. The highest BCUT2D eigenvalue weighted by atomic mass is 16.5. The molecule has 1 fully saturated rings. The van der Waals surface area contributed by atoms with E-state index in [0.29, 0.717) is 30.9 Å². The van der Waals surface area contributed by atoms with E-state index in [9.17, 15) is 9.59 Å². The lowest BCUT2D eigenvalue weighted by Gasteiger charge is -2.34. The zero-order valence-corrected chi connectivity index (χ0v) is 14.4. The number of carbonyl (C=O) groups excluding carboxylic acids is 2. The zero-order valence-electron chi connectivity index (χ0n) is 14.4. The summed E-state index contributed by atoms with van der Waals surface area (Å²) in [4.78, 5) is 31.1. The van der Waals surface area contributed by atoms with E-state index in [1.54, 1.807) is 29.3 Å². The minimum absolute atomic E-state index is 0.179. The van der Waals surface area contributed by atoms with Gasteiger partial charge in [-0.3, -0.25) is 9.78 Å². The molecule has 6 nitrogen and oxygen atoms in total. The second kappa shape index (κ2) is 7.15. The van der Waals surface area contributed by atoms with Crippen molar-refractivity contribution >= 4 is 11.9 Å². The maximum atomic E-state index is 12.8. The van der Waals surface area contributed by atoms with E-state index in [1.807, 2.05) is 12.1 Å². The fraction of sp³-hybridized carbons (Fsp3) is 0.350. The molecule has 1 atom stereocenters. The third kappa shape index (κ3) is 3.27. The number of carbonyl (C=O) groups is 2. The van der Waals surface area contributed by atoms with Gasteiger partial charge in [0, 0.05) is 30.9 Å². The molecule has 0 N–H and O–H groups in total. The number of benzene rings is 1. The number of esters is 1. The quantitative estimate of drug-likeness (QED) is 0.627. The molecule has 0 saturated carbocycles. The van der Waals surface area contributed by atoms with Crippen LogP contribution in [0.1, 0.15) is 35.2 Å². The number of ether oxygens (including phenoxy) is 2. The van der Waals surface area contributed by atoms with Crippen LogP contribution in [0.2, 0.25) is 0 Å². The SMILES string of the molecule is O=C(Oc1ccc2c(c1)CCO2)C1CCCCN1C(=O)c1cccnc1. The van der Waals surface area contributed by atoms with Crippen molar-refractivity contribution in [3.63, 3.8) is 0 Å². The minimum atomic E-state index is -0.569. The van der Waals surface area contributed by atoms with Gasteiger partial charge in [0.1, 0.15) is 17.5 Å². The van der Waals surface area contributed by atoms with Gasteiger partial charge in [-0.2, -0.15) is 0 Å². The molecule has 1 aromatic heterocycles. The fourth-order valence-corrected chi connectivity index (χ4v) is 3.49. The Morgan fingerprint density at radius 2 is 2.15 bits per heavy atom. The van der Waals surface area contributed by atoms with Crippen LogP contribution in [0.5, 0.6) is 11.5 Å². The average Bonchev–Trinajstić information content (AvgIpc) is 3.16. The number of likely N-dealkylation sites (tertiary alicyclic amines) is 1. The van der Waals surface area contributed by atoms with E-state index in [2.05, 4.69) is 4.98 Å². The molecule has 2 aromatic rings. The number of piperidine rings is 1. The van der Waals surface area contributed by atoms with Crippen molar-refractivity contribution in [1.82, 2.24) is 9.88 Å². The van der Waals surface area contributed by atoms with E-state index < -0.39 is 6.04 Å². The predicted molar refractivity (Wildman–Crippen MR) is 94.2 cm³/mol. The molecule has 2 aliphatic heterocycles. The summed E-state index contributed by atoms with van der Waals surface area (Å²) >= 11 is 0. The van der Waals surface area contributed by atoms with E-state index in [1.165, 1.54) is 6.20 Å². The smallest absolute Gasteiger partial charge is 0.334 e. The van der Waals surface area contributed by atoms with Crippen LogP contribution in [0.3, 0.4) is 0 Å². The van der Waals surface area contributed by atoms with Crippen LogP contribution in [0.4, 0.5) is 0 Å². The molecule has 4 rings (SSSR count). The molecule has 0 bridgehead atoms. The van der Waals surface area contributed by atoms with E-state index in [4.69, 9.17) is 9.47 Å². The lowest BCUT2D eigenvalue weighted by Crippen LogP contribution is -2.49. The second-order valence-corrected chi connectivity index (χ2v) is 6.54. The summed E-state index contributed by atoms with van der Waals surface area (Å²) in [7, 11) is 0. The van der Waals surface area contributed by atoms with Gasteiger partial charge in [0.05, 0.1) is 12.2 Å².